The number of carbonyl (C=O) groups is 2. The maximum Gasteiger partial charge on any atom is 0.276 e. The molecule has 2 heterocycles. The fourth-order valence-electron chi connectivity index (χ4n) is 4.00. The molecule has 5 rings (SSSR count). The van der Waals surface area contributed by atoms with Gasteiger partial charge in [-0.05, 0) is 30.3 Å². The van der Waals surface area contributed by atoms with Gasteiger partial charge in [0.2, 0.25) is 5.66 Å². The van der Waals surface area contributed by atoms with Crippen LogP contribution in [0.15, 0.2) is 72.8 Å². The molecule has 3 aromatic carbocycles. The molecule has 0 fully saturated rings. The Bertz CT molecular complexity index is 1130. The van der Waals surface area contributed by atoms with Crippen molar-refractivity contribution in [3.8, 4) is 5.75 Å². The van der Waals surface area contributed by atoms with E-state index in [1.807, 2.05) is 48.5 Å². The maximum atomic E-state index is 13.7. The number of rotatable bonds is 2. The van der Waals surface area contributed by atoms with Gasteiger partial charge in [0.15, 0.2) is 0 Å². The molecule has 6 nitrogen and oxygen atoms in total. The van der Waals surface area contributed by atoms with Crippen LogP contribution >= 0.6 is 0 Å². The van der Waals surface area contributed by atoms with Gasteiger partial charge in [-0.15, -0.1) is 0 Å². The minimum absolute atomic E-state index is 0.272. The summed E-state index contributed by atoms with van der Waals surface area (Å²) >= 11 is 0. The van der Waals surface area contributed by atoms with Gasteiger partial charge in [-0.1, -0.05) is 42.5 Å². The number of ether oxygens (including phenoxy) is 1. The van der Waals surface area contributed by atoms with E-state index < -0.39 is 5.66 Å². The van der Waals surface area contributed by atoms with Crippen LogP contribution < -0.4 is 20.3 Å². The molecule has 6 heteroatoms. The van der Waals surface area contributed by atoms with E-state index in [2.05, 4.69) is 10.6 Å². The second-order valence-electron chi connectivity index (χ2n) is 6.69. The van der Waals surface area contributed by atoms with Crippen LogP contribution in [0.1, 0.15) is 15.9 Å². The first-order valence-corrected chi connectivity index (χ1v) is 8.92. The van der Waals surface area contributed by atoms with Crippen LogP contribution in [0.3, 0.4) is 0 Å². The zero-order chi connectivity index (χ0) is 19.3. The van der Waals surface area contributed by atoms with Gasteiger partial charge in [-0.25, -0.2) is 0 Å². The highest BCUT2D eigenvalue weighted by molar-refractivity contribution is 6.22. The van der Waals surface area contributed by atoms with Gasteiger partial charge in [-0.2, -0.15) is 0 Å². The summed E-state index contributed by atoms with van der Waals surface area (Å²) in [6.07, 6.45) is 0. The Labute approximate surface area is 161 Å². The van der Waals surface area contributed by atoms with E-state index in [1.54, 1.807) is 31.4 Å². The first-order valence-electron chi connectivity index (χ1n) is 8.92. The predicted octanol–water partition coefficient (Wildman–Crippen LogP) is 3.57. The topological polar surface area (TPSA) is 70.7 Å². The molecule has 2 amide bonds. The molecule has 0 bridgehead atoms. The summed E-state index contributed by atoms with van der Waals surface area (Å²) in [6, 6.07) is 21.8. The summed E-state index contributed by atoms with van der Waals surface area (Å²) in [6.45, 7) is 0. The number of carbonyl (C=O) groups excluding carboxylic acids is 2. The maximum absolute atomic E-state index is 13.7. The summed E-state index contributed by atoms with van der Waals surface area (Å²) in [7, 11) is 1.55. The molecule has 1 atom stereocenters. The molecule has 0 radical (unpaired) electrons. The van der Waals surface area contributed by atoms with Crippen molar-refractivity contribution in [1.82, 2.24) is 0 Å². The van der Waals surface area contributed by atoms with Gasteiger partial charge in [0.1, 0.15) is 5.75 Å². The third-order valence-corrected chi connectivity index (χ3v) is 5.23. The number of hydrogen-bond acceptors (Lipinski definition) is 4. The lowest BCUT2D eigenvalue weighted by molar-refractivity contribution is -0.119. The van der Waals surface area contributed by atoms with E-state index in [4.69, 9.17) is 4.74 Å². The highest BCUT2D eigenvalue weighted by atomic mass is 16.5. The first-order chi connectivity index (χ1) is 13.7. The quantitative estimate of drug-likeness (QED) is 0.722. The third-order valence-electron chi connectivity index (χ3n) is 5.23. The van der Waals surface area contributed by atoms with Gasteiger partial charge in [0, 0.05) is 16.9 Å². The van der Waals surface area contributed by atoms with Crippen molar-refractivity contribution >= 4 is 28.9 Å². The van der Waals surface area contributed by atoms with E-state index in [0.29, 0.717) is 33.9 Å². The minimum Gasteiger partial charge on any atom is -0.495 e. The van der Waals surface area contributed by atoms with Crippen molar-refractivity contribution in [3.05, 3.63) is 83.9 Å². The zero-order valence-corrected chi connectivity index (χ0v) is 15.1. The SMILES string of the molecule is COc1ccccc1N1C(=O)c2ccccc2NC12C(=O)Nc1ccccc12. The van der Waals surface area contributed by atoms with Crippen LogP contribution in [-0.2, 0) is 10.5 Å². The molecule has 0 saturated heterocycles. The Kier molecular flexibility index (Phi) is 3.42. The molecule has 0 aliphatic carbocycles. The largest absolute Gasteiger partial charge is 0.495 e. The van der Waals surface area contributed by atoms with Crippen molar-refractivity contribution in [2.24, 2.45) is 0 Å². The Hall–Kier alpha value is -3.80. The monoisotopic (exact) mass is 371 g/mol. The van der Waals surface area contributed by atoms with Gasteiger partial charge >= 0.3 is 0 Å². The predicted molar refractivity (Wildman–Crippen MR) is 107 cm³/mol. The second kappa shape index (κ2) is 5.85. The van der Waals surface area contributed by atoms with E-state index in [1.165, 1.54) is 4.90 Å². The third kappa shape index (κ3) is 2.02. The van der Waals surface area contributed by atoms with Crippen molar-refractivity contribution < 1.29 is 14.3 Å². The number of amides is 2. The molecule has 2 N–H and O–H groups in total. The number of benzene rings is 3. The van der Waals surface area contributed by atoms with Crippen molar-refractivity contribution in [1.29, 1.82) is 0 Å². The zero-order valence-electron chi connectivity index (χ0n) is 15.1. The normalized spacial score (nSPS) is 19.7. The molecule has 0 aromatic heterocycles. The van der Waals surface area contributed by atoms with Gasteiger partial charge in [0.05, 0.1) is 18.4 Å². The number of hydrogen-bond donors (Lipinski definition) is 2. The van der Waals surface area contributed by atoms with E-state index in [0.717, 1.165) is 0 Å². The van der Waals surface area contributed by atoms with Crippen LogP contribution in [0.4, 0.5) is 17.1 Å². The van der Waals surface area contributed by atoms with Crippen LogP contribution in [0.5, 0.6) is 5.75 Å². The molecular weight excluding hydrogens is 354 g/mol. The molecular formula is C22H17N3O3. The minimum atomic E-state index is -1.41. The molecule has 3 aromatic rings. The lowest BCUT2D eigenvalue weighted by atomic mass is 9.92. The molecule has 2 aliphatic heterocycles. The molecule has 28 heavy (non-hydrogen) atoms. The summed E-state index contributed by atoms with van der Waals surface area (Å²) in [5.41, 5.74) is 1.59. The Morgan fingerprint density at radius 1 is 0.857 bits per heavy atom. The molecule has 0 saturated carbocycles. The van der Waals surface area contributed by atoms with Crippen LogP contribution in [0.25, 0.3) is 0 Å². The molecule has 1 spiro atoms. The smallest absolute Gasteiger partial charge is 0.276 e. The van der Waals surface area contributed by atoms with Crippen molar-refractivity contribution in [2.75, 3.05) is 22.6 Å². The van der Waals surface area contributed by atoms with E-state index >= 15 is 0 Å². The summed E-state index contributed by atoms with van der Waals surface area (Å²) < 4.78 is 5.51. The number of fused-ring (bicyclic) bond motifs is 3. The molecule has 2 aliphatic rings. The van der Waals surface area contributed by atoms with Gasteiger partial charge < -0.3 is 15.4 Å². The highest BCUT2D eigenvalue weighted by Crippen LogP contribution is 2.48. The standard InChI is InChI=1S/C22H17N3O3/c1-28-19-13-7-6-12-18(19)25-20(26)14-8-2-4-10-16(14)24-22(25)15-9-3-5-11-17(15)23-21(22)27/h2-13,24H,1H3,(H,23,27). The highest BCUT2D eigenvalue weighted by Gasteiger charge is 2.57. The average Bonchev–Trinajstić information content (AvgIpc) is 3.00. The fourth-order valence-corrected chi connectivity index (χ4v) is 4.00. The summed E-state index contributed by atoms with van der Waals surface area (Å²) in [4.78, 5) is 28.5. The Balaban J connectivity index is 1.84. The van der Waals surface area contributed by atoms with Crippen LogP contribution in [0, 0.1) is 0 Å². The summed E-state index contributed by atoms with van der Waals surface area (Å²) in [5.74, 6) is -0.0817. The van der Waals surface area contributed by atoms with E-state index in [9.17, 15) is 9.59 Å². The second-order valence-corrected chi connectivity index (χ2v) is 6.69. The van der Waals surface area contributed by atoms with Crippen molar-refractivity contribution in [3.63, 3.8) is 0 Å². The Morgan fingerprint density at radius 3 is 2.36 bits per heavy atom. The fraction of sp³-hybridized carbons (Fsp3) is 0.0909. The summed E-state index contributed by atoms with van der Waals surface area (Å²) in [5, 5.41) is 6.26. The first kappa shape index (κ1) is 16.4. The van der Waals surface area contributed by atoms with E-state index in [-0.39, 0.29) is 11.8 Å². The molecule has 138 valence electrons. The van der Waals surface area contributed by atoms with Crippen LogP contribution in [-0.4, -0.2) is 18.9 Å². The number of nitrogens with one attached hydrogen (secondary N) is 2. The number of anilines is 3. The lowest BCUT2D eigenvalue weighted by Crippen LogP contribution is -2.61. The number of nitrogens with zero attached hydrogens (tertiary/aromatic N) is 1. The Morgan fingerprint density at radius 2 is 1.54 bits per heavy atom. The average molecular weight is 371 g/mol. The van der Waals surface area contributed by atoms with Crippen molar-refractivity contribution in [2.45, 2.75) is 5.66 Å². The van der Waals surface area contributed by atoms with Gasteiger partial charge in [-0.3, -0.25) is 14.5 Å². The number of methoxy groups -OCH3 is 1. The van der Waals surface area contributed by atoms with Crippen LogP contribution in [0.2, 0.25) is 0 Å². The lowest BCUT2D eigenvalue weighted by Gasteiger charge is -2.44. The molecule has 1 unspecified atom stereocenters. The number of para-hydroxylation sites is 4. The van der Waals surface area contributed by atoms with Gasteiger partial charge in [0.25, 0.3) is 11.8 Å².